The summed E-state index contributed by atoms with van der Waals surface area (Å²) in [6.07, 6.45) is 4.54. The second-order valence-corrected chi connectivity index (χ2v) is 6.58. The van der Waals surface area contributed by atoms with E-state index in [-0.39, 0.29) is 5.41 Å². The fourth-order valence-electron chi connectivity index (χ4n) is 2.98. The minimum absolute atomic E-state index is 0.172. The van der Waals surface area contributed by atoms with Crippen LogP contribution in [0.4, 0.5) is 0 Å². The molecule has 0 aromatic carbocycles. The minimum atomic E-state index is -0.463. The van der Waals surface area contributed by atoms with Crippen LogP contribution < -0.4 is 5.73 Å². The summed E-state index contributed by atoms with van der Waals surface area (Å²) in [5.74, 6) is 0.286. The molecule has 0 bridgehead atoms. The molecule has 2 aromatic heterocycles. The van der Waals surface area contributed by atoms with Crippen LogP contribution in [0.25, 0.3) is 5.82 Å². The first-order valence-electron chi connectivity index (χ1n) is 7.21. The molecule has 21 heavy (non-hydrogen) atoms. The molecule has 5 nitrogen and oxygen atoms in total. The van der Waals surface area contributed by atoms with E-state index in [9.17, 15) is 4.79 Å². The first-order chi connectivity index (χ1) is 9.87. The standard InChI is InChI=1S/C16H20N4O/c1-10-5-7-18-13(8-10)20-12-4-6-16(2,3)9-11(12)14(19-20)15(17)21/h5,7-8H,4,6,9H2,1-3H3,(H2,17,21). The van der Waals surface area contributed by atoms with Crippen LogP contribution >= 0.6 is 0 Å². The van der Waals surface area contributed by atoms with Gasteiger partial charge in [0.2, 0.25) is 0 Å². The van der Waals surface area contributed by atoms with Crippen LogP contribution in [0.2, 0.25) is 0 Å². The van der Waals surface area contributed by atoms with Gasteiger partial charge >= 0.3 is 0 Å². The van der Waals surface area contributed by atoms with Crippen LogP contribution in [0.5, 0.6) is 0 Å². The molecule has 0 radical (unpaired) electrons. The fraction of sp³-hybridized carbons (Fsp3) is 0.438. The molecular formula is C16H20N4O. The fourth-order valence-corrected chi connectivity index (χ4v) is 2.98. The zero-order chi connectivity index (χ0) is 15.2. The molecule has 0 spiro atoms. The van der Waals surface area contributed by atoms with Crippen LogP contribution in [-0.2, 0) is 12.8 Å². The Morgan fingerprint density at radius 3 is 2.86 bits per heavy atom. The molecule has 0 unspecified atom stereocenters. The van der Waals surface area contributed by atoms with E-state index in [4.69, 9.17) is 5.73 Å². The molecule has 0 fully saturated rings. The topological polar surface area (TPSA) is 73.8 Å². The third kappa shape index (κ3) is 2.44. The van der Waals surface area contributed by atoms with Gasteiger partial charge in [0.25, 0.3) is 5.91 Å². The van der Waals surface area contributed by atoms with E-state index in [0.717, 1.165) is 41.9 Å². The molecule has 0 saturated carbocycles. The summed E-state index contributed by atoms with van der Waals surface area (Å²) in [6, 6.07) is 3.91. The average Bonchev–Trinajstić information content (AvgIpc) is 2.76. The van der Waals surface area contributed by atoms with E-state index < -0.39 is 5.91 Å². The molecule has 2 aromatic rings. The van der Waals surface area contributed by atoms with Crippen molar-refractivity contribution in [2.24, 2.45) is 11.1 Å². The molecular weight excluding hydrogens is 264 g/mol. The summed E-state index contributed by atoms with van der Waals surface area (Å²) in [5, 5.41) is 4.45. The highest BCUT2D eigenvalue weighted by Gasteiger charge is 2.32. The predicted octanol–water partition coefficient (Wildman–Crippen LogP) is 2.19. The number of carbonyl (C=O) groups excluding carboxylic acids is 1. The lowest BCUT2D eigenvalue weighted by Crippen LogP contribution is -2.24. The molecule has 0 atom stereocenters. The number of hydrogen-bond acceptors (Lipinski definition) is 3. The van der Waals surface area contributed by atoms with Gasteiger partial charge in [-0.1, -0.05) is 13.8 Å². The number of rotatable bonds is 2. The van der Waals surface area contributed by atoms with Gasteiger partial charge in [-0.25, -0.2) is 9.67 Å². The van der Waals surface area contributed by atoms with Crippen LogP contribution in [-0.4, -0.2) is 20.7 Å². The van der Waals surface area contributed by atoms with E-state index in [1.54, 1.807) is 10.9 Å². The maximum absolute atomic E-state index is 11.7. The van der Waals surface area contributed by atoms with Crippen molar-refractivity contribution >= 4 is 5.91 Å². The van der Waals surface area contributed by atoms with E-state index >= 15 is 0 Å². The first-order valence-corrected chi connectivity index (χ1v) is 7.21. The Bertz CT molecular complexity index is 715. The Balaban J connectivity index is 2.18. The van der Waals surface area contributed by atoms with E-state index in [0.29, 0.717) is 5.69 Å². The number of nitrogens with two attached hydrogens (primary N) is 1. The third-order valence-electron chi connectivity index (χ3n) is 4.14. The maximum atomic E-state index is 11.7. The monoisotopic (exact) mass is 284 g/mol. The van der Waals surface area contributed by atoms with Crippen molar-refractivity contribution in [3.8, 4) is 5.82 Å². The average molecular weight is 284 g/mol. The lowest BCUT2D eigenvalue weighted by Gasteiger charge is -2.29. The number of hydrogen-bond donors (Lipinski definition) is 1. The van der Waals surface area contributed by atoms with Gasteiger partial charge in [-0.05, 0) is 49.3 Å². The molecule has 2 heterocycles. The molecule has 110 valence electrons. The van der Waals surface area contributed by atoms with Crippen molar-refractivity contribution in [2.45, 2.75) is 40.0 Å². The van der Waals surface area contributed by atoms with Crippen molar-refractivity contribution < 1.29 is 4.79 Å². The van der Waals surface area contributed by atoms with Crippen molar-refractivity contribution in [3.05, 3.63) is 40.8 Å². The normalized spacial score (nSPS) is 16.5. The number of aryl methyl sites for hydroxylation is 1. The third-order valence-corrected chi connectivity index (χ3v) is 4.14. The lowest BCUT2D eigenvalue weighted by molar-refractivity contribution is 0.0993. The van der Waals surface area contributed by atoms with Crippen molar-refractivity contribution in [1.82, 2.24) is 14.8 Å². The molecule has 1 amide bonds. The number of primary amides is 1. The Kier molecular flexibility index (Phi) is 3.08. The number of amides is 1. The van der Waals surface area contributed by atoms with Crippen molar-refractivity contribution in [3.63, 3.8) is 0 Å². The number of nitrogens with zero attached hydrogens (tertiary/aromatic N) is 3. The second kappa shape index (κ2) is 4.69. The second-order valence-electron chi connectivity index (χ2n) is 6.58. The zero-order valence-corrected chi connectivity index (χ0v) is 12.7. The van der Waals surface area contributed by atoms with Gasteiger partial charge < -0.3 is 5.73 Å². The van der Waals surface area contributed by atoms with Gasteiger partial charge in [-0.3, -0.25) is 4.79 Å². The first kappa shape index (κ1) is 13.8. The van der Waals surface area contributed by atoms with Gasteiger partial charge in [-0.2, -0.15) is 5.10 Å². The smallest absolute Gasteiger partial charge is 0.269 e. The van der Waals surface area contributed by atoms with E-state index in [2.05, 4.69) is 23.9 Å². The maximum Gasteiger partial charge on any atom is 0.269 e. The van der Waals surface area contributed by atoms with Crippen molar-refractivity contribution in [2.75, 3.05) is 0 Å². The Labute approximate surface area is 124 Å². The summed E-state index contributed by atoms with van der Waals surface area (Å²) in [6.45, 7) is 6.44. The lowest BCUT2D eigenvalue weighted by atomic mass is 9.76. The van der Waals surface area contributed by atoms with E-state index in [1.165, 1.54) is 0 Å². The molecule has 3 rings (SSSR count). The van der Waals surface area contributed by atoms with Crippen LogP contribution in [0, 0.1) is 12.3 Å². The number of carbonyl (C=O) groups is 1. The van der Waals surface area contributed by atoms with Gasteiger partial charge in [0, 0.05) is 11.8 Å². The summed E-state index contributed by atoms with van der Waals surface area (Å²) in [4.78, 5) is 16.1. The molecule has 1 aliphatic carbocycles. The Morgan fingerprint density at radius 1 is 1.43 bits per heavy atom. The van der Waals surface area contributed by atoms with Crippen LogP contribution in [0.1, 0.15) is 47.6 Å². The predicted molar refractivity (Wildman–Crippen MR) is 80.4 cm³/mol. The van der Waals surface area contributed by atoms with Gasteiger partial charge in [0.1, 0.15) is 0 Å². The highest BCUT2D eigenvalue weighted by atomic mass is 16.1. The van der Waals surface area contributed by atoms with E-state index in [1.807, 2.05) is 19.1 Å². The summed E-state index contributed by atoms with van der Waals surface area (Å²) in [7, 11) is 0. The molecule has 2 N–H and O–H groups in total. The minimum Gasteiger partial charge on any atom is -0.364 e. The van der Waals surface area contributed by atoms with Gasteiger partial charge in [0.15, 0.2) is 11.5 Å². The Hall–Kier alpha value is -2.17. The van der Waals surface area contributed by atoms with Gasteiger partial charge in [0.05, 0.1) is 5.69 Å². The largest absolute Gasteiger partial charge is 0.364 e. The SMILES string of the molecule is Cc1ccnc(-n2nc(C(N)=O)c3c2CCC(C)(C)C3)c1. The molecule has 5 heteroatoms. The molecule has 0 aliphatic heterocycles. The summed E-state index contributed by atoms with van der Waals surface area (Å²) < 4.78 is 1.79. The van der Waals surface area contributed by atoms with Gasteiger partial charge in [-0.15, -0.1) is 0 Å². The highest BCUT2D eigenvalue weighted by molar-refractivity contribution is 5.92. The zero-order valence-electron chi connectivity index (χ0n) is 12.7. The molecule has 0 saturated heterocycles. The van der Waals surface area contributed by atoms with Crippen LogP contribution in [0.3, 0.4) is 0 Å². The van der Waals surface area contributed by atoms with Crippen LogP contribution in [0.15, 0.2) is 18.3 Å². The highest BCUT2D eigenvalue weighted by Crippen LogP contribution is 2.36. The number of aromatic nitrogens is 3. The number of pyridine rings is 1. The summed E-state index contributed by atoms with van der Waals surface area (Å²) >= 11 is 0. The summed E-state index contributed by atoms with van der Waals surface area (Å²) in [5.41, 5.74) is 9.24. The quantitative estimate of drug-likeness (QED) is 0.918. The number of fused-ring (bicyclic) bond motifs is 1. The molecule has 1 aliphatic rings. The Morgan fingerprint density at radius 2 is 2.19 bits per heavy atom. The van der Waals surface area contributed by atoms with Crippen molar-refractivity contribution in [1.29, 1.82) is 0 Å².